The highest BCUT2D eigenvalue weighted by Crippen LogP contribution is 2.24. The second kappa shape index (κ2) is 12.7. The van der Waals surface area contributed by atoms with E-state index in [-0.39, 0.29) is 41.8 Å². The quantitative estimate of drug-likeness (QED) is 0.193. The van der Waals surface area contributed by atoms with Gasteiger partial charge in [-0.25, -0.2) is 0 Å². The van der Waals surface area contributed by atoms with Crippen molar-refractivity contribution in [2.45, 2.75) is 20.3 Å². The van der Waals surface area contributed by atoms with Gasteiger partial charge in [0.05, 0.1) is 26.7 Å². The van der Waals surface area contributed by atoms with Crippen LogP contribution in [0.5, 0.6) is 11.5 Å². The van der Waals surface area contributed by atoms with Crippen molar-refractivity contribution in [1.29, 1.82) is 0 Å². The Hall–Kier alpha value is -1.71. The van der Waals surface area contributed by atoms with Gasteiger partial charge in [0.1, 0.15) is 11.5 Å². The molecule has 0 amide bonds. The summed E-state index contributed by atoms with van der Waals surface area (Å²) in [4.78, 5) is 18.7. The van der Waals surface area contributed by atoms with E-state index in [1.165, 1.54) is 7.11 Å². The second-order valence-electron chi connectivity index (χ2n) is 6.63. The van der Waals surface area contributed by atoms with Crippen LogP contribution in [0.3, 0.4) is 0 Å². The zero-order valence-corrected chi connectivity index (χ0v) is 19.5. The summed E-state index contributed by atoms with van der Waals surface area (Å²) in [6.07, 6.45) is 0.802. The zero-order valence-electron chi connectivity index (χ0n) is 17.1. The molecule has 1 heterocycles. The van der Waals surface area contributed by atoms with Crippen LogP contribution in [0, 0.1) is 11.8 Å². The molecule has 0 radical (unpaired) electrons. The summed E-state index contributed by atoms with van der Waals surface area (Å²) in [6.45, 7) is 7.57. The summed E-state index contributed by atoms with van der Waals surface area (Å²) in [7, 11) is 3.08. The Morgan fingerprint density at radius 3 is 2.71 bits per heavy atom. The summed E-state index contributed by atoms with van der Waals surface area (Å²) in [5.74, 6) is 2.42. The number of hydrogen-bond donors (Lipinski definition) is 1. The number of aliphatic imine (C=N–C) groups is 1. The normalized spacial score (nSPS) is 19.0. The predicted octanol–water partition coefficient (Wildman–Crippen LogP) is 2.79. The summed E-state index contributed by atoms with van der Waals surface area (Å²) in [5.41, 5.74) is 0. The number of esters is 1. The molecule has 28 heavy (non-hydrogen) atoms. The maximum Gasteiger partial charge on any atom is 0.310 e. The van der Waals surface area contributed by atoms with Gasteiger partial charge in [-0.15, -0.1) is 24.0 Å². The van der Waals surface area contributed by atoms with E-state index < -0.39 is 0 Å². The molecule has 1 aliphatic heterocycles. The first-order chi connectivity index (χ1) is 13.1. The molecule has 0 bridgehead atoms. The lowest BCUT2D eigenvalue weighted by Gasteiger charge is -2.21. The summed E-state index contributed by atoms with van der Waals surface area (Å²) in [5, 5.41) is 3.31. The Morgan fingerprint density at radius 2 is 2.04 bits per heavy atom. The molecule has 0 aromatic heterocycles. The lowest BCUT2D eigenvalue weighted by Crippen LogP contribution is -2.40. The van der Waals surface area contributed by atoms with Gasteiger partial charge >= 0.3 is 5.97 Å². The third kappa shape index (κ3) is 7.03. The number of rotatable bonds is 8. The fraction of sp³-hybridized carbons (Fsp3) is 0.600. The highest BCUT2D eigenvalue weighted by molar-refractivity contribution is 14.0. The fourth-order valence-electron chi connectivity index (χ4n) is 3.15. The first-order valence-corrected chi connectivity index (χ1v) is 9.47. The number of guanidine groups is 1. The number of likely N-dealkylation sites (tertiary alicyclic amines) is 1. The Balaban J connectivity index is 0.00000392. The second-order valence-corrected chi connectivity index (χ2v) is 6.63. The average Bonchev–Trinajstić information content (AvgIpc) is 3.08. The molecule has 2 unspecified atom stereocenters. The van der Waals surface area contributed by atoms with E-state index in [2.05, 4.69) is 22.1 Å². The van der Waals surface area contributed by atoms with Gasteiger partial charge in [0.15, 0.2) is 5.96 Å². The standard InChI is InChI=1S/C20H31N3O4.HI/c1-5-21-20(23-13-15(2)18(14-23)19(24)26-4)22-10-7-11-27-17-9-6-8-16(12-17)25-3;/h6,8-9,12,15,18H,5,7,10-11,13-14H2,1-4H3,(H,21,22);1H. The van der Waals surface area contributed by atoms with Crippen LogP contribution in [0.2, 0.25) is 0 Å². The number of nitrogens with one attached hydrogen (secondary N) is 1. The molecule has 0 saturated carbocycles. The maximum absolute atomic E-state index is 11.9. The lowest BCUT2D eigenvalue weighted by atomic mass is 9.99. The van der Waals surface area contributed by atoms with Crippen LogP contribution >= 0.6 is 24.0 Å². The van der Waals surface area contributed by atoms with E-state index in [0.717, 1.165) is 37.0 Å². The summed E-state index contributed by atoms with van der Waals surface area (Å²) in [6, 6.07) is 7.57. The van der Waals surface area contributed by atoms with Crippen molar-refractivity contribution < 1.29 is 19.0 Å². The Kier molecular flexibility index (Phi) is 11.0. The minimum Gasteiger partial charge on any atom is -0.497 e. The van der Waals surface area contributed by atoms with Gasteiger partial charge in [0.2, 0.25) is 0 Å². The molecule has 1 saturated heterocycles. The number of ether oxygens (including phenoxy) is 3. The lowest BCUT2D eigenvalue weighted by molar-refractivity contribution is -0.145. The van der Waals surface area contributed by atoms with E-state index >= 15 is 0 Å². The Morgan fingerprint density at radius 1 is 1.29 bits per heavy atom. The third-order valence-corrected chi connectivity index (χ3v) is 4.62. The number of hydrogen-bond acceptors (Lipinski definition) is 5. The zero-order chi connectivity index (χ0) is 19.6. The van der Waals surface area contributed by atoms with Crippen LogP contribution in [-0.4, -0.2) is 63.8 Å². The van der Waals surface area contributed by atoms with Gasteiger partial charge < -0.3 is 24.4 Å². The highest BCUT2D eigenvalue weighted by Gasteiger charge is 2.36. The van der Waals surface area contributed by atoms with E-state index in [1.807, 2.05) is 31.2 Å². The predicted molar refractivity (Wildman–Crippen MR) is 121 cm³/mol. The molecule has 1 aromatic carbocycles. The summed E-state index contributed by atoms with van der Waals surface area (Å²) >= 11 is 0. The molecule has 0 spiro atoms. The Labute approximate surface area is 184 Å². The van der Waals surface area contributed by atoms with Gasteiger partial charge in [-0.3, -0.25) is 9.79 Å². The first kappa shape index (κ1) is 24.3. The molecule has 7 nitrogen and oxygen atoms in total. The molecule has 158 valence electrons. The van der Waals surface area contributed by atoms with Crippen LogP contribution in [0.1, 0.15) is 20.3 Å². The van der Waals surface area contributed by atoms with Crippen LogP contribution in [0.15, 0.2) is 29.3 Å². The largest absolute Gasteiger partial charge is 0.497 e. The maximum atomic E-state index is 11.9. The number of benzene rings is 1. The van der Waals surface area contributed by atoms with E-state index in [1.54, 1.807) is 7.11 Å². The molecule has 1 fully saturated rings. The molecule has 2 rings (SSSR count). The van der Waals surface area contributed by atoms with Crippen LogP contribution in [-0.2, 0) is 9.53 Å². The van der Waals surface area contributed by atoms with Crippen molar-refractivity contribution >= 4 is 35.9 Å². The monoisotopic (exact) mass is 505 g/mol. The number of methoxy groups -OCH3 is 2. The molecule has 1 aliphatic rings. The van der Waals surface area contributed by atoms with Crippen molar-refractivity contribution in [2.75, 3.05) is 47.0 Å². The van der Waals surface area contributed by atoms with Gasteiger partial charge in [-0.2, -0.15) is 0 Å². The van der Waals surface area contributed by atoms with Crippen molar-refractivity contribution in [3.05, 3.63) is 24.3 Å². The van der Waals surface area contributed by atoms with Crippen LogP contribution < -0.4 is 14.8 Å². The average molecular weight is 505 g/mol. The highest BCUT2D eigenvalue weighted by atomic mass is 127. The van der Waals surface area contributed by atoms with Crippen molar-refractivity contribution in [3.8, 4) is 11.5 Å². The molecular weight excluding hydrogens is 473 g/mol. The van der Waals surface area contributed by atoms with E-state index in [0.29, 0.717) is 19.7 Å². The van der Waals surface area contributed by atoms with Crippen molar-refractivity contribution in [1.82, 2.24) is 10.2 Å². The van der Waals surface area contributed by atoms with Gasteiger partial charge in [-0.1, -0.05) is 13.0 Å². The van der Waals surface area contributed by atoms with E-state index in [4.69, 9.17) is 14.2 Å². The molecule has 2 atom stereocenters. The molecule has 0 aliphatic carbocycles. The molecule has 1 aromatic rings. The number of carbonyl (C=O) groups excluding carboxylic acids is 1. The molecule has 1 N–H and O–H groups in total. The Bertz CT molecular complexity index is 642. The smallest absolute Gasteiger partial charge is 0.310 e. The first-order valence-electron chi connectivity index (χ1n) is 9.47. The van der Waals surface area contributed by atoms with Gasteiger partial charge in [-0.05, 0) is 25.0 Å². The SMILES string of the molecule is CCNC(=NCCCOc1cccc(OC)c1)N1CC(C)C(C(=O)OC)C1.I. The van der Waals surface area contributed by atoms with Gasteiger partial charge in [0, 0.05) is 38.7 Å². The number of carbonyl (C=O) groups is 1. The molecule has 8 heteroatoms. The molecular formula is C20H32IN3O4. The number of halogens is 1. The van der Waals surface area contributed by atoms with Crippen molar-refractivity contribution in [3.63, 3.8) is 0 Å². The third-order valence-electron chi connectivity index (χ3n) is 4.62. The summed E-state index contributed by atoms with van der Waals surface area (Å²) < 4.78 is 15.9. The fourth-order valence-corrected chi connectivity index (χ4v) is 3.15. The topological polar surface area (TPSA) is 72.4 Å². The van der Waals surface area contributed by atoms with Crippen LogP contribution in [0.25, 0.3) is 0 Å². The van der Waals surface area contributed by atoms with Crippen molar-refractivity contribution in [2.24, 2.45) is 16.8 Å². The number of nitrogens with zero attached hydrogens (tertiary/aromatic N) is 2. The minimum absolute atomic E-state index is 0. The van der Waals surface area contributed by atoms with E-state index in [9.17, 15) is 4.79 Å². The van der Waals surface area contributed by atoms with Crippen LogP contribution in [0.4, 0.5) is 0 Å². The minimum atomic E-state index is -0.146. The van der Waals surface area contributed by atoms with Gasteiger partial charge in [0.25, 0.3) is 0 Å².